The summed E-state index contributed by atoms with van der Waals surface area (Å²) in [6.07, 6.45) is 3.01. The van der Waals surface area contributed by atoms with Gasteiger partial charge in [-0.2, -0.15) is 0 Å². The second kappa shape index (κ2) is 5.32. The minimum absolute atomic E-state index is 0.0535. The standard InChI is InChI=1S/C16H22BrNO2/c1-10(2)15-9-16(5-6-19-15)8-13(18)12-4-3-11(17)7-14(12)20-16/h3-4,7,10,13,15H,5-6,8-9,18H2,1-2H3. The maximum Gasteiger partial charge on any atom is 0.126 e. The second-order valence-electron chi connectivity index (χ2n) is 6.39. The Kier molecular flexibility index (Phi) is 3.82. The Balaban J connectivity index is 1.89. The van der Waals surface area contributed by atoms with Crippen molar-refractivity contribution >= 4 is 15.9 Å². The van der Waals surface area contributed by atoms with Crippen molar-refractivity contribution in [1.29, 1.82) is 0 Å². The van der Waals surface area contributed by atoms with Crippen LogP contribution in [0.3, 0.4) is 0 Å². The fraction of sp³-hybridized carbons (Fsp3) is 0.625. The number of hydrogen-bond acceptors (Lipinski definition) is 3. The average Bonchev–Trinajstić information content (AvgIpc) is 2.37. The predicted octanol–water partition coefficient (Wildman–Crippen LogP) is 3.81. The monoisotopic (exact) mass is 339 g/mol. The number of nitrogens with two attached hydrogens (primary N) is 1. The van der Waals surface area contributed by atoms with Crippen LogP contribution in [0, 0.1) is 5.92 Å². The van der Waals surface area contributed by atoms with Gasteiger partial charge in [0.1, 0.15) is 11.4 Å². The lowest BCUT2D eigenvalue weighted by molar-refractivity contribution is -0.115. The van der Waals surface area contributed by atoms with Crippen molar-refractivity contribution in [3.63, 3.8) is 0 Å². The van der Waals surface area contributed by atoms with Gasteiger partial charge >= 0.3 is 0 Å². The summed E-state index contributed by atoms with van der Waals surface area (Å²) in [5.74, 6) is 1.44. The van der Waals surface area contributed by atoms with Crippen LogP contribution in [0.2, 0.25) is 0 Å². The van der Waals surface area contributed by atoms with E-state index in [0.29, 0.717) is 5.92 Å². The highest BCUT2D eigenvalue weighted by atomic mass is 79.9. The van der Waals surface area contributed by atoms with Gasteiger partial charge in [0.15, 0.2) is 0 Å². The largest absolute Gasteiger partial charge is 0.487 e. The minimum atomic E-state index is -0.152. The van der Waals surface area contributed by atoms with E-state index < -0.39 is 0 Å². The molecule has 110 valence electrons. The van der Waals surface area contributed by atoms with Crippen LogP contribution >= 0.6 is 15.9 Å². The Morgan fingerprint density at radius 2 is 2.15 bits per heavy atom. The zero-order valence-electron chi connectivity index (χ0n) is 12.1. The highest BCUT2D eigenvalue weighted by molar-refractivity contribution is 9.10. The quantitative estimate of drug-likeness (QED) is 0.846. The first kappa shape index (κ1) is 14.4. The van der Waals surface area contributed by atoms with Gasteiger partial charge in [-0.25, -0.2) is 0 Å². The molecule has 2 aliphatic rings. The van der Waals surface area contributed by atoms with E-state index in [9.17, 15) is 0 Å². The lowest BCUT2D eigenvalue weighted by atomic mass is 9.78. The molecule has 0 radical (unpaired) electrons. The van der Waals surface area contributed by atoms with Gasteiger partial charge in [0.05, 0.1) is 12.7 Å². The first-order valence-electron chi connectivity index (χ1n) is 7.35. The van der Waals surface area contributed by atoms with Gasteiger partial charge in [0.2, 0.25) is 0 Å². The lowest BCUT2D eigenvalue weighted by Gasteiger charge is -2.46. The van der Waals surface area contributed by atoms with Crippen LogP contribution in [0.5, 0.6) is 5.75 Å². The molecule has 2 N–H and O–H groups in total. The van der Waals surface area contributed by atoms with Crippen molar-refractivity contribution in [2.45, 2.75) is 50.9 Å². The highest BCUT2D eigenvalue weighted by Crippen LogP contribution is 2.45. The molecule has 2 aliphatic heterocycles. The molecule has 1 spiro atoms. The van der Waals surface area contributed by atoms with Crippen LogP contribution in [0.4, 0.5) is 0 Å². The van der Waals surface area contributed by atoms with Crippen molar-refractivity contribution in [3.8, 4) is 5.75 Å². The maximum absolute atomic E-state index is 6.40. The number of halogens is 1. The summed E-state index contributed by atoms with van der Waals surface area (Å²) in [5.41, 5.74) is 7.35. The number of fused-ring (bicyclic) bond motifs is 1. The van der Waals surface area contributed by atoms with Crippen molar-refractivity contribution in [1.82, 2.24) is 0 Å². The molecule has 2 heterocycles. The molecule has 0 saturated carbocycles. The minimum Gasteiger partial charge on any atom is -0.487 e. The van der Waals surface area contributed by atoms with Crippen LogP contribution in [0.1, 0.15) is 44.7 Å². The Morgan fingerprint density at radius 3 is 2.90 bits per heavy atom. The molecule has 20 heavy (non-hydrogen) atoms. The maximum atomic E-state index is 6.40. The third-order valence-corrected chi connectivity index (χ3v) is 4.99. The fourth-order valence-corrected chi connectivity index (χ4v) is 3.66. The molecule has 3 nitrogen and oxygen atoms in total. The molecule has 4 heteroatoms. The molecule has 0 bridgehead atoms. The third kappa shape index (κ3) is 2.61. The molecule has 1 aromatic carbocycles. The van der Waals surface area contributed by atoms with Crippen molar-refractivity contribution < 1.29 is 9.47 Å². The molecule has 3 atom stereocenters. The summed E-state index contributed by atoms with van der Waals surface area (Å²) in [4.78, 5) is 0. The van der Waals surface area contributed by atoms with E-state index in [1.54, 1.807) is 0 Å². The summed E-state index contributed by atoms with van der Waals surface area (Å²) in [7, 11) is 0. The summed E-state index contributed by atoms with van der Waals surface area (Å²) in [6, 6.07) is 6.19. The van der Waals surface area contributed by atoms with E-state index >= 15 is 0 Å². The van der Waals surface area contributed by atoms with Crippen LogP contribution in [-0.2, 0) is 4.74 Å². The average molecular weight is 340 g/mol. The van der Waals surface area contributed by atoms with E-state index in [0.717, 1.165) is 41.7 Å². The Hall–Kier alpha value is -0.580. The zero-order chi connectivity index (χ0) is 14.3. The van der Waals surface area contributed by atoms with E-state index in [2.05, 4.69) is 35.8 Å². The molecule has 1 fully saturated rings. The molecule has 0 amide bonds. The van der Waals surface area contributed by atoms with Crippen molar-refractivity contribution in [2.24, 2.45) is 11.7 Å². The van der Waals surface area contributed by atoms with Gasteiger partial charge in [-0.15, -0.1) is 0 Å². The number of rotatable bonds is 1. The normalized spacial score (nSPS) is 33.0. The second-order valence-corrected chi connectivity index (χ2v) is 7.30. The molecular weight excluding hydrogens is 318 g/mol. The molecule has 0 aliphatic carbocycles. The fourth-order valence-electron chi connectivity index (χ4n) is 3.32. The van der Waals surface area contributed by atoms with Gasteiger partial charge in [0.25, 0.3) is 0 Å². The molecule has 0 aromatic heterocycles. The molecule has 1 saturated heterocycles. The summed E-state index contributed by atoms with van der Waals surface area (Å²) in [6.45, 7) is 5.17. The molecule has 3 unspecified atom stereocenters. The van der Waals surface area contributed by atoms with Crippen molar-refractivity contribution in [3.05, 3.63) is 28.2 Å². The van der Waals surface area contributed by atoms with Gasteiger partial charge < -0.3 is 15.2 Å². The molecule has 1 aromatic rings. The Morgan fingerprint density at radius 1 is 1.35 bits per heavy atom. The van der Waals surface area contributed by atoms with E-state index in [4.69, 9.17) is 15.2 Å². The van der Waals surface area contributed by atoms with Gasteiger partial charge in [-0.1, -0.05) is 35.8 Å². The Bertz CT molecular complexity index is 505. The van der Waals surface area contributed by atoms with Crippen LogP contribution in [0.15, 0.2) is 22.7 Å². The van der Waals surface area contributed by atoms with Crippen LogP contribution < -0.4 is 10.5 Å². The smallest absolute Gasteiger partial charge is 0.126 e. The Labute approximate surface area is 129 Å². The van der Waals surface area contributed by atoms with Crippen molar-refractivity contribution in [2.75, 3.05) is 6.61 Å². The van der Waals surface area contributed by atoms with Gasteiger partial charge in [0, 0.05) is 35.3 Å². The number of hydrogen-bond donors (Lipinski definition) is 1. The van der Waals surface area contributed by atoms with Gasteiger partial charge in [-0.3, -0.25) is 0 Å². The number of ether oxygens (including phenoxy) is 2. The van der Waals surface area contributed by atoms with Crippen LogP contribution in [0.25, 0.3) is 0 Å². The predicted molar refractivity (Wildman–Crippen MR) is 82.9 cm³/mol. The van der Waals surface area contributed by atoms with Gasteiger partial charge in [-0.05, 0) is 18.1 Å². The SMILES string of the molecule is CC(C)C1CC2(CCO1)CC(N)c1ccc(Br)cc1O2. The van der Waals surface area contributed by atoms with E-state index in [1.165, 1.54) is 0 Å². The van der Waals surface area contributed by atoms with E-state index in [-0.39, 0.29) is 17.7 Å². The lowest BCUT2D eigenvalue weighted by Crippen LogP contribution is -2.50. The first-order chi connectivity index (χ1) is 9.49. The summed E-state index contributed by atoms with van der Waals surface area (Å²) < 4.78 is 13.3. The number of benzene rings is 1. The van der Waals surface area contributed by atoms with E-state index in [1.807, 2.05) is 12.1 Å². The summed E-state index contributed by atoms with van der Waals surface area (Å²) in [5, 5.41) is 0. The highest BCUT2D eigenvalue weighted by Gasteiger charge is 2.44. The van der Waals surface area contributed by atoms with Crippen LogP contribution in [-0.4, -0.2) is 18.3 Å². The third-order valence-electron chi connectivity index (χ3n) is 4.50. The summed E-state index contributed by atoms with van der Waals surface area (Å²) >= 11 is 3.51. The first-order valence-corrected chi connectivity index (χ1v) is 8.14. The molecule has 3 rings (SSSR count). The zero-order valence-corrected chi connectivity index (χ0v) is 13.7. The molecular formula is C16H22BrNO2. The topological polar surface area (TPSA) is 44.5 Å².